The Morgan fingerprint density at radius 3 is 2.64 bits per heavy atom. The van der Waals surface area contributed by atoms with Gasteiger partial charge >= 0.3 is 0 Å². The third-order valence-corrected chi connectivity index (χ3v) is 4.16. The van der Waals surface area contributed by atoms with E-state index >= 15 is 0 Å². The highest BCUT2D eigenvalue weighted by Gasteiger charge is 2.37. The number of hydrogen-bond acceptors (Lipinski definition) is 1. The molecule has 0 amide bonds. The Kier molecular flexibility index (Phi) is 2.45. The highest BCUT2D eigenvalue weighted by Crippen LogP contribution is 2.36. The van der Waals surface area contributed by atoms with E-state index in [2.05, 4.69) is 15.9 Å². The van der Waals surface area contributed by atoms with Crippen molar-refractivity contribution in [2.24, 2.45) is 0 Å². The summed E-state index contributed by atoms with van der Waals surface area (Å²) in [5.74, 6) is 0. The Morgan fingerprint density at radius 1 is 1.09 bits per heavy atom. The first kappa shape index (κ1) is 8.33. The zero-order chi connectivity index (χ0) is 7.84. The number of ether oxygens (including phenoxy) is 1. The van der Waals surface area contributed by atoms with E-state index in [0.29, 0.717) is 17.0 Å². The highest BCUT2D eigenvalue weighted by atomic mass is 79.9. The van der Waals surface area contributed by atoms with Crippen LogP contribution in [0.2, 0.25) is 0 Å². The molecule has 11 heavy (non-hydrogen) atoms. The molecular formula is C8H12BrClO. The van der Waals surface area contributed by atoms with Gasteiger partial charge in [0.25, 0.3) is 0 Å². The molecular weight excluding hydrogens is 227 g/mol. The minimum atomic E-state index is 0.252. The molecule has 3 heteroatoms. The van der Waals surface area contributed by atoms with Gasteiger partial charge < -0.3 is 4.74 Å². The van der Waals surface area contributed by atoms with E-state index in [1.807, 2.05) is 0 Å². The van der Waals surface area contributed by atoms with Gasteiger partial charge in [-0.25, -0.2) is 0 Å². The van der Waals surface area contributed by atoms with E-state index in [9.17, 15) is 0 Å². The van der Waals surface area contributed by atoms with E-state index < -0.39 is 0 Å². The third-order valence-electron chi connectivity index (χ3n) is 2.61. The van der Waals surface area contributed by atoms with Crippen molar-refractivity contribution >= 4 is 27.5 Å². The predicted octanol–water partition coefficient (Wildman–Crippen LogP) is 2.70. The van der Waals surface area contributed by atoms with Gasteiger partial charge in [0.05, 0.1) is 17.6 Å². The van der Waals surface area contributed by atoms with Gasteiger partial charge in [-0.2, -0.15) is 0 Å². The lowest BCUT2D eigenvalue weighted by Crippen LogP contribution is -2.19. The molecule has 4 atom stereocenters. The number of rotatable bonds is 0. The molecule has 2 fully saturated rings. The van der Waals surface area contributed by atoms with Gasteiger partial charge in [-0.15, -0.1) is 11.6 Å². The second kappa shape index (κ2) is 3.23. The lowest BCUT2D eigenvalue weighted by Gasteiger charge is -2.13. The van der Waals surface area contributed by atoms with Crippen LogP contribution in [0.3, 0.4) is 0 Å². The molecule has 2 bridgehead atoms. The van der Waals surface area contributed by atoms with Crippen LogP contribution in [0.5, 0.6) is 0 Å². The highest BCUT2D eigenvalue weighted by molar-refractivity contribution is 9.09. The standard InChI is InChI=1S/C8H12BrClO/c9-5-1-2-6(10)8-4-3-7(5)11-8/h5-8H,1-4H2/t5-,6+,7-,8+/m0/s1. The minimum absolute atomic E-state index is 0.252. The van der Waals surface area contributed by atoms with E-state index in [1.54, 1.807) is 0 Å². The number of hydrogen-bond donors (Lipinski definition) is 0. The zero-order valence-electron chi connectivity index (χ0n) is 6.30. The van der Waals surface area contributed by atoms with Crippen molar-refractivity contribution in [3.8, 4) is 0 Å². The molecule has 2 heterocycles. The van der Waals surface area contributed by atoms with Crippen LogP contribution in [0.15, 0.2) is 0 Å². The summed E-state index contributed by atoms with van der Waals surface area (Å²) in [7, 11) is 0. The van der Waals surface area contributed by atoms with Gasteiger partial charge in [-0.3, -0.25) is 0 Å². The maximum Gasteiger partial charge on any atom is 0.0743 e. The lowest BCUT2D eigenvalue weighted by atomic mass is 10.0. The van der Waals surface area contributed by atoms with Crippen molar-refractivity contribution in [3.63, 3.8) is 0 Å². The quantitative estimate of drug-likeness (QED) is 0.591. The summed E-state index contributed by atoms with van der Waals surface area (Å²) in [6.45, 7) is 0. The average Bonchev–Trinajstić information content (AvgIpc) is 2.42. The van der Waals surface area contributed by atoms with Crippen molar-refractivity contribution in [2.45, 2.75) is 48.1 Å². The van der Waals surface area contributed by atoms with Crippen molar-refractivity contribution in [3.05, 3.63) is 0 Å². The predicted molar refractivity (Wildman–Crippen MR) is 49.5 cm³/mol. The van der Waals surface area contributed by atoms with Gasteiger partial charge in [-0.1, -0.05) is 15.9 Å². The van der Waals surface area contributed by atoms with Gasteiger partial charge in [0.2, 0.25) is 0 Å². The monoisotopic (exact) mass is 238 g/mol. The molecule has 2 aliphatic heterocycles. The van der Waals surface area contributed by atoms with Gasteiger partial charge in [0.1, 0.15) is 0 Å². The molecule has 0 N–H and O–H groups in total. The minimum Gasteiger partial charge on any atom is -0.372 e. The molecule has 0 radical (unpaired) electrons. The first-order valence-corrected chi connectivity index (χ1v) is 5.56. The first-order valence-electron chi connectivity index (χ1n) is 4.21. The molecule has 0 aromatic heterocycles. The van der Waals surface area contributed by atoms with Crippen LogP contribution < -0.4 is 0 Å². The van der Waals surface area contributed by atoms with Crippen LogP contribution in [0, 0.1) is 0 Å². The maximum atomic E-state index is 6.13. The Hall–Kier alpha value is 0.730. The third kappa shape index (κ3) is 1.58. The number of fused-ring (bicyclic) bond motifs is 2. The molecule has 0 spiro atoms. The smallest absolute Gasteiger partial charge is 0.0743 e. The van der Waals surface area contributed by atoms with Crippen molar-refractivity contribution in [1.29, 1.82) is 0 Å². The zero-order valence-corrected chi connectivity index (χ0v) is 8.64. The fraction of sp³-hybridized carbons (Fsp3) is 1.00. The summed E-state index contributed by atoms with van der Waals surface area (Å²) < 4.78 is 5.77. The van der Waals surface area contributed by atoms with E-state index in [1.165, 1.54) is 6.42 Å². The topological polar surface area (TPSA) is 9.23 Å². The molecule has 2 saturated heterocycles. The van der Waals surface area contributed by atoms with Gasteiger partial charge in [-0.05, 0) is 25.7 Å². The summed E-state index contributed by atoms with van der Waals surface area (Å²) in [5.41, 5.74) is 0. The van der Waals surface area contributed by atoms with Crippen LogP contribution >= 0.6 is 27.5 Å². The van der Waals surface area contributed by atoms with Crippen LogP contribution in [0.1, 0.15) is 25.7 Å². The maximum absolute atomic E-state index is 6.13. The molecule has 2 rings (SSSR count). The Bertz CT molecular complexity index is 137. The van der Waals surface area contributed by atoms with Crippen LogP contribution in [-0.4, -0.2) is 22.4 Å². The summed E-state index contributed by atoms with van der Waals surface area (Å²) in [4.78, 5) is 0.538. The van der Waals surface area contributed by atoms with Crippen LogP contribution in [0.25, 0.3) is 0 Å². The molecule has 0 unspecified atom stereocenters. The van der Waals surface area contributed by atoms with E-state index in [-0.39, 0.29) is 5.38 Å². The van der Waals surface area contributed by atoms with Crippen molar-refractivity contribution in [2.75, 3.05) is 0 Å². The van der Waals surface area contributed by atoms with E-state index in [0.717, 1.165) is 19.3 Å². The Labute approximate surface area is 80.6 Å². The molecule has 0 saturated carbocycles. The van der Waals surface area contributed by atoms with Gasteiger partial charge in [0.15, 0.2) is 0 Å². The van der Waals surface area contributed by atoms with Gasteiger partial charge in [0, 0.05) is 4.83 Å². The van der Waals surface area contributed by atoms with E-state index in [4.69, 9.17) is 16.3 Å². The summed E-state index contributed by atoms with van der Waals surface area (Å²) in [6.07, 6.45) is 5.37. The second-order valence-electron chi connectivity index (χ2n) is 3.40. The number of alkyl halides is 2. The molecule has 0 aromatic carbocycles. The summed E-state index contributed by atoms with van der Waals surface area (Å²) in [5, 5.41) is 0.252. The molecule has 64 valence electrons. The fourth-order valence-corrected chi connectivity index (χ4v) is 2.88. The Balaban J connectivity index is 2.07. The molecule has 2 aliphatic rings. The molecule has 0 aromatic rings. The SMILES string of the molecule is Cl[C@@H]1CC[C@H](Br)[C@@H]2CC[C@H]1O2. The van der Waals surface area contributed by atoms with Crippen LogP contribution in [-0.2, 0) is 4.74 Å². The second-order valence-corrected chi connectivity index (χ2v) is 5.14. The summed E-state index contributed by atoms with van der Waals surface area (Å²) >= 11 is 9.77. The Morgan fingerprint density at radius 2 is 1.82 bits per heavy atom. The van der Waals surface area contributed by atoms with Crippen molar-refractivity contribution in [1.82, 2.24) is 0 Å². The fourth-order valence-electron chi connectivity index (χ4n) is 1.91. The molecule has 0 aliphatic carbocycles. The average molecular weight is 240 g/mol. The normalized spacial score (nSPS) is 50.7. The first-order chi connectivity index (χ1) is 5.27. The lowest BCUT2D eigenvalue weighted by molar-refractivity contribution is 0.0553. The summed E-state index contributed by atoms with van der Waals surface area (Å²) in [6, 6.07) is 0. The van der Waals surface area contributed by atoms with Crippen molar-refractivity contribution < 1.29 is 4.74 Å². The van der Waals surface area contributed by atoms with Crippen LogP contribution in [0.4, 0.5) is 0 Å². The number of halogens is 2. The molecule has 1 nitrogen and oxygen atoms in total. The largest absolute Gasteiger partial charge is 0.372 e.